The minimum absolute atomic E-state index is 0.156. The summed E-state index contributed by atoms with van der Waals surface area (Å²) < 4.78 is 11.1. The molecule has 0 spiro atoms. The van der Waals surface area contributed by atoms with Gasteiger partial charge in [0, 0.05) is 42.7 Å². The van der Waals surface area contributed by atoms with Crippen LogP contribution in [0.3, 0.4) is 0 Å². The standard InChI is InChI=1S/C30H35N3O3/c1-35-26-6-7-28-27(15-26)30-21(17-32-28)3-2-4-22(30)18-33-11-9-24(10-12-33)31-16-20-5-8-29-23(13-20)14-25(34)19-36-29/h5-8,13,15,17,22,24,31H,2-4,9-12,14,16,18-19H2,1H3. The zero-order valence-electron chi connectivity index (χ0n) is 21.1. The van der Waals surface area contributed by atoms with Gasteiger partial charge >= 0.3 is 0 Å². The molecule has 3 aliphatic rings. The monoisotopic (exact) mass is 485 g/mol. The van der Waals surface area contributed by atoms with Crippen LogP contribution in [0.1, 0.15) is 53.9 Å². The van der Waals surface area contributed by atoms with E-state index in [4.69, 9.17) is 14.5 Å². The van der Waals surface area contributed by atoms with E-state index in [0.29, 0.717) is 18.4 Å². The van der Waals surface area contributed by atoms with E-state index in [1.165, 1.54) is 34.9 Å². The number of aryl methyl sites for hydroxylation is 1. The predicted molar refractivity (Wildman–Crippen MR) is 141 cm³/mol. The molecule has 2 aromatic carbocycles. The van der Waals surface area contributed by atoms with Crippen LogP contribution in [0.15, 0.2) is 42.6 Å². The highest BCUT2D eigenvalue weighted by atomic mass is 16.5. The average Bonchev–Trinajstić information content (AvgIpc) is 2.92. The summed E-state index contributed by atoms with van der Waals surface area (Å²) in [5, 5.41) is 5.03. The van der Waals surface area contributed by atoms with Gasteiger partial charge in [-0.05, 0) is 92.1 Å². The van der Waals surface area contributed by atoms with Crippen LogP contribution < -0.4 is 14.8 Å². The first-order chi connectivity index (χ1) is 17.7. The predicted octanol–water partition coefficient (Wildman–Crippen LogP) is 4.42. The third-order valence-corrected chi connectivity index (χ3v) is 8.17. The van der Waals surface area contributed by atoms with Crippen molar-refractivity contribution in [2.75, 3.05) is 33.4 Å². The lowest BCUT2D eigenvalue weighted by Gasteiger charge is -2.36. The fourth-order valence-corrected chi connectivity index (χ4v) is 6.24. The molecule has 6 rings (SSSR count). The summed E-state index contributed by atoms with van der Waals surface area (Å²) in [5.41, 5.74) is 6.24. The first-order valence-corrected chi connectivity index (χ1v) is 13.3. The van der Waals surface area contributed by atoms with E-state index in [-0.39, 0.29) is 12.4 Å². The zero-order chi connectivity index (χ0) is 24.5. The van der Waals surface area contributed by atoms with Gasteiger partial charge in [0.05, 0.1) is 12.6 Å². The minimum Gasteiger partial charge on any atom is -0.497 e. The third-order valence-electron chi connectivity index (χ3n) is 8.17. The Morgan fingerprint density at radius 1 is 1.11 bits per heavy atom. The number of ketones is 1. The molecule has 2 aliphatic heterocycles. The topological polar surface area (TPSA) is 63.7 Å². The molecule has 1 N–H and O–H groups in total. The largest absolute Gasteiger partial charge is 0.497 e. The van der Waals surface area contributed by atoms with Crippen LogP contribution in [0.25, 0.3) is 10.9 Å². The van der Waals surface area contributed by atoms with Crippen LogP contribution in [-0.4, -0.2) is 55.1 Å². The number of pyridine rings is 1. The molecule has 3 aromatic rings. The van der Waals surface area contributed by atoms with E-state index in [1.807, 2.05) is 12.1 Å². The number of nitrogens with zero attached hydrogens (tertiary/aromatic N) is 2. The van der Waals surface area contributed by atoms with E-state index in [2.05, 4.69) is 40.7 Å². The van der Waals surface area contributed by atoms with Crippen molar-refractivity contribution in [2.45, 2.75) is 57.0 Å². The first-order valence-electron chi connectivity index (χ1n) is 13.3. The summed E-state index contributed by atoms with van der Waals surface area (Å²) in [6.45, 7) is 4.42. The molecule has 36 heavy (non-hydrogen) atoms. The molecule has 1 aliphatic carbocycles. The number of piperidine rings is 1. The number of ether oxygens (including phenoxy) is 2. The molecule has 1 saturated heterocycles. The molecule has 0 saturated carbocycles. The Kier molecular flexibility index (Phi) is 6.63. The van der Waals surface area contributed by atoms with Crippen molar-refractivity contribution in [3.8, 4) is 11.5 Å². The van der Waals surface area contributed by atoms with Crippen molar-refractivity contribution in [3.63, 3.8) is 0 Å². The maximum Gasteiger partial charge on any atom is 0.174 e. The number of benzene rings is 2. The van der Waals surface area contributed by atoms with E-state index in [1.54, 1.807) is 7.11 Å². The van der Waals surface area contributed by atoms with Crippen molar-refractivity contribution in [1.29, 1.82) is 0 Å². The summed E-state index contributed by atoms with van der Waals surface area (Å²) in [5.74, 6) is 2.48. The number of carbonyl (C=O) groups excluding carboxylic acids is 1. The smallest absolute Gasteiger partial charge is 0.174 e. The quantitative estimate of drug-likeness (QED) is 0.558. The number of hydrogen-bond acceptors (Lipinski definition) is 6. The molecule has 1 atom stereocenters. The number of methoxy groups -OCH3 is 1. The Morgan fingerprint density at radius 2 is 2.00 bits per heavy atom. The Bertz CT molecular complexity index is 1260. The van der Waals surface area contributed by atoms with Gasteiger partial charge in [-0.2, -0.15) is 0 Å². The van der Waals surface area contributed by atoms with Gasteiger partial charge in [0.2, 0.25) is 0 Å². The van der Waals surface area contributed by atoms with E-state index in [0.717, 1.165) is 68.0 Å². The lowest BCUT2D eigenvalue weighted by atomic mass is 9.81. The molecular weight excluding hydrogens is 450 g/mol. The fourth-order valence-electron chi connectivity index (χ4n) is 6.24. The van der Waals surface area contributed by atoms with E-state index < -0.39 is 0 Å². The second-order valence-electron chi connectivity index (χ2n) is 10.6. The summed E-state index contributed by atoms with van der Waals surface area (Å²) in [6, 6.07) is 13.1. The normalized spacial score (nSPS) is 20.6. The third kappa shape index (κ3) is 4.84. The minimum atomic E-state index is 0.156. The number of carbonyl (C=O) groups is 1. The fraction of sp³-hybridized carbons (Fsp3) is 0.467. The molecule has 1 unspecified atom stereocenters. The molecule has 1 aromatic heterocycles. The van der Waals surface area contributed by atoms with Gasteiger partial charge in [0.15, 0.2) is 5.78 Å². The highest BCUT2D eigenvalue weighted by molar-refractivity contribution is 5.85. The summed E-state index contributed by atoms with van der Waals surface area (Å²) in [7, 11) is 1.74. The molecule has 1 fully saturated rings. The van der Waals surface area contributed by atoms with Gasteiger partial charge in [-0.15, -0.1) is 0 Å². The van der Waals surface area contributed by atoms with Crippen LogP contribution in [0.2, 0.25) is 0 Å². The Balaban J connectivity index is 1.07. The van der Waals surface area contributed by atoms with Gasteiger partial charge in [0.1, 0.15) is 18.1 Å². The van der Waals surface area contributed by atoms with Crippen molar-refractivity contribution >= 4 is 16.7 Å². The number of Topliss-reactive ketones (excluding diaryl/α,β-unsaturated/α-hetero) is 1. The van der Waals surface area contributed by atoms with Gasteiger partial charge in [-0.25, -0.2) is 0 Å². The Morgan fingerprint density at radius 3 is 2.86 bits per heavy atom. The van der Waals surface area contributed by atoms with Crippen molar-refractivity contribution in [3.05, 3.63) is 64.8 Å². The maximum absolute atomic E-state index is 11.7. The second-order valence-corrected chi connectivity index (χ2v) is 10.6. The van der Waals surface area contributed by atoms with Gasteiger partial charge < -0.3 is 19.7 Å². The highest BCUT2D eigenvalue weighted by Gasteiger charge is 2.27. The molecular formula is C30H35N3O3. The molecule has 0 amide bonds. The molecule has 6 heteroatoms. The summed E-state index contributed by atoms with van der Waals surface area (Å²) in [6.07, 6.45) is 8.53. The zero-order valence-corrected chi connectivity index (χ0v) is 21.1. The van der Waals surface area contributed by atoms with Gasteiger partial charge in [-0.3, -0.25) is 9.78 Å². The van der Waals surface area contributed by atoms with E-state index >= 15 is 0 Å². The Labute approximate surface area is 213 Å². The number of hydrogen-bond donors (Lipinski definition) is 1. The molecule has 188 valence electrons. The van der Waals surface area contributed by atoms with Crippen LogP contribution >= 0.6 is 0 Å². The molecule has 0 radical (unpaired) electrons. The second kappa shape index (κ2) is 10.2. The van der Waals surface area contributed by atoms with Crippen LogP contribution in [0.4, 0.5) is 0 Å². The summed E-state index contributed by atoms with van der Waals surface area (Å²) in [4.78, 5) is 19.1. The average molecular weight is 486 g/mol. The molecule has 6 nitrogen and oxygen atoms in total. The first kappa shape index (κ1) is 23.4. The number of rotatable bonds is 6. The van der Waals surface area contributed by atoms with Crippen LogP contribution in [0.5, 0.6) is 11.5 Å². The number of nitrogens with one attached hydrogen (secondary N) is 1. The Hall–Kier alpha value is -2.96. The SMILES string of the molecule is COc1ccc2ncc3c(c2c1)C(CN1CCC(NCc2ccc4c(c2)CC(=O)CO4)CC1)CCC3. The number of fused-ring (bicyclic) bond motifs is 4. The lowest BCUT2D eigenvalue weighted by Crippen LogP contribution is -2.43. The van der Waals surface area contributed by atoms with Crippen molar-refractivity contribution in [1.82, 2.24) is 15.2 Å². The number of likely N-dealkylation sites (tertiary alicyclic amines) is 1. The van der Waals surface area contributed by atoms with Gasteiger partial charge in [-0.1, -0.05) is 12.1 Å². The van der Waals surface area contributed by atoms with Crippen LogP contribution in [-0.2, 0) is 24.2 Å². The van der Waals surface area contributed by atoms with Crippen molar-refractivity contribution in [2.24, 2.45) is 0 Å². The van der Waals surface area contributed by atoms with Crippen molar-refractivity contribution < 1.29 is 14.3 Å². The van der Waals surface area contributed by atoms with Gasteiger partial charge in [0.25, 0.3) is 0 Å². The number of aromatic nitrogens is 1. The summed E-state index contributed by atoms with van der Waals surface area (Å²) >= 11 is 0. The molecule has 0 bridgehead atoms. The maximum atomic E-state index is 11.7. The van der Waals surface area contributed by atoms with Crippen LogP contribution in [0, 0.1) is 0 Å². The lowest BCUT2D eigenvalue weighted by molar-refractivity contribution is -0.121. The highest BCUT2D eigenvalue weighted by Crippen LogP contribution is 2.38. The van der Waals surface area contributed by atoms with E-state index in [9.17, 15) is 4.79 Å². The molecule has 3 heterocycles.